The van der Waals surface area contributed by atoms with Crippen molar-refractivity contribution < 1.29 is 19.5 Å². The van der Waals surface area contributed by atoms with Crippen molar-refractivity contribution in [3.63, 3.8) is 0 Å². The quantitative estimate of drug-likeness (QED) is 0.357. The largest absolute Gasteiger partial charge is 0.469 e. The van der Waals surface area contributed by atoms with Crippen molar-refractivity contribution >= 4 is 29.4 Å². The zero-order chi connectivity index (χ0) is 17.4. The van der Waals surface area contributed by atoms with Crippen molar-refractivity contribution in [2.75, 3.05) is 12.9 Å². The fourth-order valence-corrected chi connectivity index (χ4v) is 3.46. The number of amides is 1. The van der Waals surface area contributed by atoms with E-state index in [0.717, 1.165) is 4.91 Å². The molecule has 1 atom stereocenters. The molecule has 1 aromatic carbocycles. The van der Waals surface area contributed by atoms with E-state index in [4.69, 9.17) is 0 Å². The summed E-state index contributed by atoms with van der Waals surface area (Å²) in [5.41, 5.74) is 1.03. The van der Waals surface area contributed by atoms with Crippen LogP contribution in [0.15, 0.2) is 46.5 Å². The molecule has 7 heteroatoms. The van der Waals surface area contributed by atoms with Crippen LogP contribution in [-0.2, 0) is 9.53 Å². The molecule has 1 aliphatic heterocycles. The number of nitrogens with one attached hydrogen (secondary N) is 1. The highest BCUT2D eigenvalue weighted by Gasteiger charge is 2.30. The number of hydrogen-bond acceptors (Lipinski definition) is 6. The molecule has 0 bridgehead atoms. The van der Waals surface area contributed by atoms with Gasteiger partial charge in [-0.1, -0.05) is 29.4 Å². The Balaban J connectivity index is 1.92. The Bertz CT molecular complexity index is 643. The van der Waals surface area contributed by atoms with Crippen LogP contribution in [0.25, 0.3) is 0 Å². The lowest BCUT2D eigenvalue weighted by Gasteiger charge is -2.12. The third kappa shape index (κ3) is 4.86. The van der Waals surface area contributed by atoms with Gasteiger partial charge in [0, 0.05) is 22.6 Å². The molecule has 0 radical (unpaired) electrons. The summed E-state index contributed by atoms with van der Waals surface area (Å²) in [5.74, 6) is 0.173. The zero-order valence-corrected chi connectivity index (χ0v) is 14.2. The van der Waals surface area contributed by atoms with Crippen molar-refractivity contribution in [2.45, 2.75) is 25.3 Å². The van der Waals surface area contributed by atoms with Crippen molar-refractivity contribution in [1.82, 2.24) is 5.32 Å². The summed E-state index contributed by atoms with van der Waals surface area (Å²) < 4.78 is 4.59. The van der Waals surface area contributed by atoms with Crippen molar-refractivity contribution in [1.29, 1.82) is 0 Å². The minimum Gasteiger partial charge on any atom is -0.469 e. The van der Waals surface area contributed by atoms with Crippen LogP contribution in [0.2, 0.25) is 0 Å². The molecule has 0 spiro atoms. The molecule has 6 nitrogen and oxygen atoms in total. The fourth-order valence-electron chi connectivity index (χ4n) is 2.30. The van der Waals surface area contributed by atoms with E-state index in [0.29, 0.717) is 36.3 Å². The second-order valence-corrected chi connectivity index (χ2v) is 6.29. The Morgan fingerprint density at radius 2 is 2.17 bits per heavy atom. The number of thioether (sulfide) groups is 1. The molecule has 1 heterocycles. The van der Waals surface area contributed by atoms with E-state index in [1.807, 2.05) is 12.1 Å². The second-order valence-electron chi connectivity index (χ2n) is 5.23. The maximum atomic E-state index is 12.2. The Morgan fingerprint density at radius 3 is 2.83 bits per heavy atom. The number of benzene rings is 1. The van der Waals surface area contributed by atoms with E-state index in [-0.39, 0.29) is 17.9 Å². The Hall–Kier alpha value is -2.28. The van der Waals surface area contributed by atoms with Gasteiger partial charge in [-0.05, 0) is 25.0 Å². The van der Waals surface area contributed by atoms with Gasteiger partial charge in [0.1, 0.15) is 5.71 Å². The number of esters is 1. The standard InChI is InChI=1S/C17H20N2O4S/c1-23-15(20)10-6-5-9-14-16(19-22)13(11-24-14)18-17(21)12-7-3-2-4-8-12/h2-4,7-9,13,22H,5-6,10-11H2,1H3,(H,18,21)/b14-9+,19-16-/t13-/m1/s1. The van der Waals surface area contributed by atoms with Gasteiger partial charge < -0.3 is 15.3 Å². The third-order valence-electron chi connectivity index (χ3n) is 3.58. The molecule has 0 aliphatic carbocycles. The molecule has 0 unspecified atom stereocenters. The summed E-state index contributed by atoms with van der Waals surface area (Å²) in [6, 6.07) is 8.57. The number of rotatable bonds is 6. The lowest BCUT2D eigenvalue weighted by molar-refractivity contribution is -0.140. The van der Waals surface area contributed by atoms with Crippen LogP contribution in [-0.4, -0.2) is 41.7 Å². The van der Waals surface area contributed by atoms with Crippen molar-refractivity contribution in [2.24, 2.45) is 5.16 Å². The van der Waals surface area contributed by atoms with E-state index in [2.05, 4.69) is 15.2 Å². The fraction of sp³-hybridized carbons (Fsp3) is 0.353. The molecule has 2 rings (SSSR count). The Labute approximate surface area is 145 Å². The number of carbonyl (C=O) groups is 2. The molecule has 0 saturated carbocycles. The van der Waals surface area contributed by atoms with Crippen molar-refractivity contribution in [3.8, 4) is 0 Å². The molecular formula is C17H20N2O4S. The SMILES string of the molecule is COC(=O)CCC/C=C1/SC[C@@H](NC(=O)c2ccccc2)/C1=N/O. The third-order valence-corrected chi connectivity index (χ3v) is 4.77. The molecular weight excluding hydrogens is 328 g/mol. The van der Waals surface area contributed by atoms with Crippen LogP contribution in [0, 0.1) is 0 Å². The first-order chi connectivity index (χ1) is 11.7. The van der Waals surface area contributed by atoms with Crippen molar-refractivity contribution in [3.05, 3.63) is 46.9 Å². The van der Waals surface area contributed by atoms with Crippen LogP contribution in [0.5, 0.6) is 0 Å². The minimum absolute atomic E-state index is 0.200. The molecule has 1 aromatic rings. The average molecular weight is 348 g/mol. The summed E-state index contributed by atoms with van der Waals surface area (Å²) in [5, 5.41) is 15.5. The predicted molar refractivity (Wildman–Crippen MR) is 93.3 cm³/mol. The Morgan fingerprint density at radius 1 is 1.42 bits per heavy atom. The number of hydrogen-bond donors (Lipinski definition) is 2. The number of ether oxygens (including phenoxy) is 1. The topological polar surface area (TPSA) is 88.0 Å². The van der Waals surface area contributed by atoms with Gasteiger partial charge in [0.15, 0.2) is 0 Å². The first kappa shape index (κ1) is 18.1. The highest BCUT2D eigenvalue weighted by molar-refractivity contribution is 8.04. The second kappa shape index (κ2) is 9.12. The first-order valence-corrected chi connectivity index (χ1v) is 8.62. The molecule has 1 saturated heterocycles. The smallest absolute Gasteiger partial charge is 0.305 e. The van der Waals surface area contributed by atoms with Crippen LogP contribution in [0.4, 0.5) is 0 Å². The van der Waals surface area contributed by atoms with Crippen LogP contribution in [0.3, 0.4) is 0 Å². The lowest BCUT2D eigenvalue weighted by Crippen LogP contribution is -2.39. The summed E-state index contributed by atoms with van der Waals surface area (Å²) in [4.78, 5) is 24.1. The maximum absolute atomic E-state index is 12.2. The van der Waals surface area contributed by atoms with E-state index in [1.165, 1.54) is 18.9 Å². The molecule has 24 heavy (non-hydrogen) atoms. The summed E-state index contributed by atoms with van der Waals surface area (Å²) >= 11 is 1.52. The van der Waals surface area contributed by atoms with E-state index >= 15 is 0 Å². The van der Waals surface area contributed by atoms with Crippen LogP contribution in [0.1, 0.15) is 29.6 Å². The Kier molecular flexibility index (Phi) is 6.87. The molecule has 128 valence electrons. The number of carbonyl (C=O) groups excluding carboxylic acids is 2. The first-order valence-electron chi connectivity index (χ1n) is 7.63. The number of allylic oxidation sites excluding steroid dienone is 1. The lowest BCUT2D eigenvalue weighted by atomic mass is 10.1. The van der Waals surface area contributed by atoms with Gasteiger partial charge >= 0.3 is 5.97 Å². The van der Waals surface area contributed by atoms with Gasteiger partial charge in [-0.25, -0.2) is 0 Å². The van der Waals surface area contributed by atoms with E-state index in [9.17, 15) is 14.8 Å². The van der Waals surface area contributed by atoms with Gasteiger partial charge in [0.25, 0.3) is 5.91 Å². The molecule has 1 amide bonds. The van der Waals surface area contributed by atoms with Gasteiger partial charge in [-0.15, -0.1) is 11.8 Å². The zero-order valence-electron chi connectivity index (χ0n) is 13.4. The number of unbranched alkanes of at least 4 members (excludes halogenated alkanes) is 1. The average Bonchev–Trinajstić information content (AvgIpc) is 3.00. The summed E-state index contributed by atoms with van der Waals surface area (Å²) in [6.45, 7) is 0. The maximum Gasteiger partial charge on any atom is 0.305 e. The van der Waals surface area contributed by atoms with E-state index in [1.54, 1.807) is 24.3 Å². The predicted octanol–water partition coefficient (Wildman–Crippen LogP) is 2.59. The molecule has 1 aliphatic rings. The van der Waals surface area contributed by atoms with Gasteiger partial charge in [0.2, 0.25) is 0 Å². The monoisotopic (exact) mass is 348 g/mol. The van der Waals surface area contributed by atoms with Gasteiger partial charge in [-0.2, -0.15) is 0 Å². The number of nitrogens with zero attached hydrogens (tertiary/aromatic N) is 1. The van der Waals surface area contributed by atoms with Gasteiger partial charge in [-0.3, -0.25) is 9.59 Å². The minimum atomic E-state index is -0.334. The van der Waals surface area contributed by atoms with Gasteiger partial charge in [0.05, 0.1) is 13.2 Å². The molecule has 0 aromatic heterocycles. The van der Waals surface area contributed by atoms with Crippen LogP contribution >= 0.6 is 11.8 Å². The number of oxime groups is 1. The summed E-state index contributed by atoms with van der Waals surface area (Å²) in [6.07, 6.45) is 3.62. The van der Waals surface area contributed by atoms with Crippen LogP contribution < -0.4 is 5.32 Å². The highest BCUT2D eigenvalue weighted by Crippen LogP contribution is 2.29. The normalized spacial score (nSPS) is 20.3. The highest BCUT2D eigenvalue weighted by atomic mass is 32.2. The number of methoxy groups -OCH3 is 1. The van der Waals surface area contributed by atoms with E-state index < -0.39 is 0 Å². The molecule has 2 N–H and O–H groups in total. The summed E-state index contributed by atoms with van der Waals surface area (Å²) in [7, 11) is 1.37. The molecule has 1 fully saturated rings.